The lowest BCUT2D eigenvalue weighted by Gasteiger charge is -1.98. The van der Waals surface area contributed by atoms with Crippen LogP contribution in [0.4, 0.5) is 0 Å². The molecule has 2 aromatic rings. The fraction of sp³-hybridized carbons (Fsp3) is 0.250. The van der Waals surface area contributed by atoms with E-state index in [4.69, 9.17) is 9.59 Å². The number of carbonyl (C=O) groups excluding carboxylic acids is 2. The first kappa shape index (κ1) is 12.8. The highest BCUT2D eigenvalue weighted by atomic mass is 16.2. The molecule has 5 nitrogen and oxygen atoms in total. The van der Waals surface area contributed by atoms with Crippen molar-refractivity contribution in [3.63, 3.8) is 0 Å². The second-order valence-corrected chi connectivity index (χ2v) is 3.38. The van der Waals surface area contributed by atoms with Crippen molar-refractivity contribution in [2.24, 2.45) is 0 Å². The molecule has 0 aromatic carbocycles. The summed E-state index contributed by atoms with van der Waals surface area (Å²) in [5.74, 6) is 0. The molecule has 2 rings (SSSR count). The fourth-order valence-corrected chi connectivity index (χ4v) is 1.42. The molecule has 0 atom stereocenters. The number of aromatic nitrogens is 3. The summed E-state index contributed by atoms with van der Waals surface area (Å²) in [7, 11) is 0. The third kappa shape index (κ3) is 3.36. The van der Waals surface area contributed by atoms with Gasteiger partial charge in [0.2, 0.25) is 0 Å². The molecule has 2 heterocycles. The summed E-state index contributed by atoms with van der Waals surface area (Å²) in [4.78, 5) is 20.6. The molecule has 0 saturated carbocycles. The van der Waals surface area contributed by atoms with E-state index in [1.807, 2.05) is 19.1 Å². The van der Waals surface area contributed by atoms with Crippen molar-refractivity contribution in [2.75, 3.05) is 0 Å². The van der Waals surface area contributed by atoms with Gasteiger partial charge in [0, 0.05) is 11.9 Å². The smallest absolute Gasteiger partial charge is 0.282 e. The highest BCUT2D eigenvalue weighted by molar-refractivity contribution is 5.58. The van der Waals surface area contributed by atoms with E-state index in [-0.39, 0.29) is 6.15 Å². The molecule has 2 aromatic heterocycles. The summed E-state index contributed by atoms with van der Waals surface area (Å²) in [6.45, 7) is 4.14. The van der Waals surface area contributed by atoms with Crippen molar-refractivity contribution >= 4 is 6.15 Å². The molecule has 0 unspecified atom stereocenters. The van der Waals surface area contributed by atoms with Crippen LogP contribution < -0.4 is 0 Å². The van der Waals surface area contributed by atoms with Crippen molar-refractivity contribution < 1.29 is 9.59 Å². The van der Waals surface area contributed by atoms with Crippen molar-refractivity contribution in [1.29, 1.82) is 0 Å². The molecule has 88 valence electrons. The van der Waals surface area contributed by atoms with Gasteiger partial charge in [-0.1, -0.05) is 13.0 Å². The normalized spacial score (nSPS) is 9.06. The van der Waals surface area contributed by atoms with Crippen LogP contribution in [0.15, 0.2) is 24.4 Å². The number of hydrogen-bond donors (Lipinski definition) is 1. The third-order valence-corrected chi connectivity index (χ3v) is 2.26. The van der Waals surface area contributed by atoms with Gasteiger partial charge < -0.3 is 0 Å². The van der Waals surface area contributed by atoms with E-state index in [2.05, 4.69) is 28.2 Å². The Kier molecular flexibility index (Phi) is 4.78. The second kappa shape index (κ2) is 6.35. The van der Waals surface area contributed by atoms with Gasteiger partial charge in [0.05, 0.1) is 5.69 Å². The van der Waals surface area contributed by atoms with E-state index in [9.17, 15) is 0 Å². The minimum absolute atomic E-state index is 0.250. The zero-order valence-corrected chi connectivity index (χ0v) is 9.73. The number of pyridine rings is 1. The standard InChI is InChI=1S/C11H13N3.CO2/c1-3-9-7-10(14-13-9)11-8(2)5-4-6-12-11;2-1-3/h4-7H,3H2,1-2H3,(H,13,14);. The molecule has 0 aliphatic rings. The van der Waals surface area contributed by atoms with Gasteiger partial charge in [-0.2, -0.15) is 14.7 Å². The molecule has 0 saturated heterocycles. The lowest BCUT2D eigenvalue weighted by molar-refractivity contribution is -0.191. The van der Waals surface area contributed by atoms with Crippen LogP contribution in [0.5, 0.6) is 0 Å². The summed E-state index contributed by atoms with van der Waals surface area (Å²) in [5.41, 5.74) is 4.19. The van der Waals surface area contributed by atoms with Crippen LogP contribution in [0, 0.1) is 6.92 Å². The van der Waals surface area contributed by atoms with E-state index in [0.29, 0.717) is 0 Å². The predicted octanol–water partition coefficient (Wildman–Crippen LogP) is 1.76. The second-order valence-electron chi connectivity index (χ2n) is 3.38. The lowest BCUT2D eigenvalue weighted by Crippen LogP contribution is -1.86. The zero-order valence-electron chi connectivity index (χ0n) is 9.73. The van der Waals surface area contributed by atoms with Gasteiger partial charge in [0.1, 0.15) is 5.69 Å². The first-order chi connectivity index (χ1) is 8.22. The van der Waals surface area contributed by atoms with Crippen molar-refractivity contribution in [1.82, 2.24) is 15.2 Å². The average Bonchev–Trinajstić information content (AvgIpc) is 2.79. The van der Waals surface area contributed by atoms with Gasteiger partial charge in [-0.25, -0.2) is 0 Å². The van der Waals surface area contributed by atoms with Gasteiger partial charge >= 0.3 is 6.15 Å². The quantitative estimate of drug-likeness (QED) is 0.854. The van der Waals surface area contributed by atoms with Crippen LogP contribution in [0.3, 0.4) is 0 Å². The number of nitrogens with one attached hydrogen (secondary N) is 1. The molecule has 17 heavy (non-hydrogen) atoms. The Morgan fingerprint density at radius 1 is 1.41 bits per heavy atom. The van der Waals surface area contributed by atoms with Crippen LogP contribution in [0.2, 0.25) is 0 Å². The van der Waals surface area contributed by atoms with E-state index in [1.165, 1.54) is 0 Å². The summed E-state index contributed by atoms with van der Waals surface area (Å²) in [6.07, 6.45) is 3.02. The van der Waals surface area contributed by atoms with Gasteiger partial charge in [0.25, 0.3) is 0 Å². The maximum Gasteiger partial charge on any atom is 0.373 e. The van der Waals surface area contributed by atoms with Gasteiger partial charge in [0.15, 0.2) is 0 Å². The van der Waals surface area contributed by atoms with Gasteiger partial charge in [-0.15, -0.1) is 0 Å². The monoisotopic (exact) mass is 231 g/mol. The van der Waals surface area contributed by atoms with E-state index < -0.39 is 0 Å². The average molecular weight is 231 g/mol. The Morgan fingerprint density at radius 2 is 2.12 bits per heavy atom. The van der Waals surface area contributed by atoms with Gasteiger partial charge in [-0.05, 0) is 31.0 Å². The minimum Gasteiger partial charge on any atom is -0.282 e. The minimum atomic E-state index is 0.250. The maximum absolute atomic E-state index is 8.12. The zero-order chi connectivity index (χ0) is 12.7. The maximum atomic E-state index is 8.12. The SMILES string of the molecule is CCc1cc(-c2ncccc2C)n[nH]1.O=C=O. The first-order valence-electron chi connectivity index (χ1n) is 5.18. The Bertz CT molecular complexity index is 514. The number of aromatic amines is 1. The molecule has 0 aliphatic heterocycles. The number of nitrogens with zero attached hydrogens (tertiary/aromatic N) is 2. The van der Waals surface area contributed by atoms with Crippen LogP contribution >= 0.6 is 0 Å². The van der Waals surface area contributed by atoms with Crippen LogP contribution in [0.1, 0.15) is 18.2 Å². The molecule has 0 amide bonds. The lowest BCUT2D eigenvalue weighted by atomic mass is 10.1. The van der Waals surface area contributed by atoms with Crippen LogP contribution in [-0.4, -0.2) is 21.3 Å². The van der Waals surface area contributed by atoms with E-state index >= 15 is 0 Å². The summed E-state index contributed by atoms with van der Waals surface area (Å²) in [6, 6.07) is 6.03. The number of H-pyrrole nitrogens is 1. The Hall–Kier alpha value is -2.26. The van der Waals surface area contributed by atoms with E-state index in [0.717, 1.165) is 29.1 Å². The molecule has 5 heteroatoms. The molecule has 0 fully saturated rings. The molecule has 1 N–H and O–H groups in total. The van der Waals surface area contributed by atoms with Crippen molar-refractivity contribution in [2.45, 2.75) is 20.3 Å². The van der Waals surface area contributed by atoms with Crippen LogP contribution in [-0.2, 0) is 16.0 Å². The molecule has 0 aliphatic carbocycles. The fourth-order valence-electron chi connectivity index (χ4n) is 1.42. The summed E-state index contributed by atoms with van der Waals surface area (Å²) < 4.78 is 0. The number of hydrogen-bond acceptors (Lipinski definition) is 4. The molecular formula is C12H13N3O2. The molecule has 0 bridgehead atoms. The van der Waals surface area contributed by atoms with Crippen molar-refractivity contribution in [3.05, 3.63) is 35.7 Å². The largest absolute Gasteiger partial charge is 0.373 e. The number of rotatable bonds is 2. The Labute approximate surface area is 98.9 Å². The third-order valence-electron chi connectivity index (χ3n) is 2.26. The topological polar surface area (TPSA) is 75.7 Å². The van der Waals surface area contributed by atoms with E-state index in [1.54, 1.807) is 6.20 Å². The van der Waals surface area contributed by atoms with Gasteiger partial charge in [-0.3, -0.25) is 10.1 Å². The highest BCUT2D eigenvalue weighted by Gasteiger charge is 2.06. The predicted molar refractivity (Wildman–Crippen MR) is 60.9 cm³/mol. The molecular weight excluding hydrogens is 218 g/mol. The number of aryl methyl sites for hydroxylation is 2. The Balaban J connectivity index is 0.000000437. The molecule has 0 radical (unpaired) electrons. The first-order valence-corrected chi connectivity index (χ1v) is 5.18. The Morgan fingerprint density at radius 3 is 2.65 bits per heavy atom. The van der Waals surface area contributed by atoms with Crippen molar-refractivity contribution in [3.8, 4) is 11.4 Å². The summed E-state index contributed by atoms with van der Waals surface area (Å²) >= 11 is 0. The van der Waals surface area contributed by atoms with Crippen LogP contribution in [0.25, 0.3) is 11.4 Å². The highest BCUT2D eigenvalue weighted by Crippen LogP contribution is 2.18. The molecule has 0 spiro atoms. The summed E-state index contributed by atoms with van der Waals surface area (Å²) in [5, 5.41) is 7.22.